The van der Waals surface area contributed by atoms with Crippen molar-refractivity contribution >= 4 is 11.9 Å². The van der Waals surface area contributed by atoms with E-state index in [2.05, 4.69) is 15.2 Å². The molecular formula is C13H17N3O3. The van der Waals surface area contributed by atoms with E-state index in [1.807, 2.05) is 7.05 Å². The molecule has 0 radical (unpaired) electrons. The fourth-order valence-electron chi connectivity index (χ4n) is 2.18. The first-order chi connectivity index (χ1) is 9.06. The smallest absolute Gasteiger partial charge is 0.335 e. The summed E-state index contributed by atoms with van der Waals surface area (Å²) in [5.41, 5.74) is 0.736. The van der Waals surface area contributed by atoms with Crippen LogP contribution in [0, 0.1) is 5.92 Å². The topological polar surface area (TPSA) is 82.5 Å². The minimum atomic E-state index is -0.993. The number of carbonyl (C=O) groups excluding carboxylic acids is 1. The largest absolute Gasteiger partial charge is 0.478 e. The van der Waals surface area contributed by atoms with E-state index in [-0.39, 0.29) is 23.9 Å². The summed E-state index contributed by atoms with van der Waals surface area (Å²) >= 11 is 0. The van der Waals surface area contributed by atoms with Crippen molar-refractivity contribution in [3.05, 3.63) is 29.6 Å². The fourth-order valence-corrected chi connectivity index (χ4v) is 2.18. The maximum Gasteiger partial charge on any atom is 0.335 e. The third-order valence-corrected chi connectivity index (χ3v) is 3.27. The Bertz CT molecular complexity index is 490. The van der Waals surface area contributed by atoms with E-state index in [0.29, 0.717) is 5.69 Å². The molecule has 2 rings (SSSR count). The van der Waals surface area contributed by atoms with Crippen LogP contribution in [-0.2, 0) is 11.3 Å². The molecule has 1 atom stereocenters. The second-order valence-electron chi connectivity index (χ2n) is 4.81. The van der Waals surface area contributed by atoms with Crippen LogP contribution in [0.2, 0.25) is 0 Å². The van der Waals surface area contributed by atoms with Crippen molar-refractivity contribution < 1.29 is 14.7 Å². The van der Waals surface area contributed by atoms with Crippen LogP contribution in [0.3, 0.4) is 0 Å². The first-order valence-electron chi connectivity index (χ1n) is 6.20. The zero-order chi connectivity index (χ0) is 13.8. The van der Waals surface area contributed by atoms with Crippen molar-refractivity contribution in [2.24, 2.45) is 5.92 Å². The average molecular weight is 263 g/mol. The van der Waals surface area contributed by atoms with Gasteiger partial charge >= 0.3 is 5.97 Å². The molecule has 102 valence electrons. The molecule has 1 unspecified atom stereocenters. The van der Waals surface area contributed by atoms with Crippen molar-refractivity contribution in [3.63, 3.8) is 0 Å². The predicted molar refractivity (Wildman–Crippen MR) is 68.6 cm³/mol. The third-order valence-electron chi connectivity index (χ3n) is 3.27. The highest BCUT2D eigenvalue weighted by atomic mass is 16.4. The van der Waals surface area contributed by atoms with Crippen LogP contribution >= 0.6 is 0 Å². The maximum atomic E-state index is 11.9. The molecule has 19 heavy (non-hydrogen) atoms. The number of nitrogens with one attached hydrogen (secondary N) is 1. The summed E-state index contributed by atoms with van der Waals surface area (Å²) in [7, 11) is 1.99. The van der Waals surface area contributed by atoms with Crippen molar-refractivity contribution in [2.75, 3.05) is 20.1 Å². The molecule has 1 amide bonds. The number of hydrogen-bond donors (Lipinski definition) is 2. The number of aromatic nitrogens is 1. The monoisotopic (exact) mass is 263 g/mol. The summed E-state index contributed by atoms with van der Waals surface area (Å²) in [6, 6.07) is 2.91. The van der Waals surface area contributed by atoms with E-state index < -0.39 is 5.97 Å². The minimum absolute atomic E-state index is 0.00637. The van der Waals surface area contributed by atoms with Crippen LogP contribution in [0.25, 0.3) is 0 Å². The van der Waals surface area contributed by atoms with Gasteiger partial charge in [0.25, 0.3) is 0 Å². The Kier molecular flexibility index (Phi) is 4.11. The molecule has 0 bridgehead atoms. The molecule has 6 heteroatoms. The van der Waals surface area contributed by atoms with Crippen LogP contribution in [0.4, 0.5) is 0 Å². The van der Waals surface area contributed by atoms with Gasteiger partial charge in [0.2, 0.25) is 5.91 Å². The van der Waals surface area contributed by atoms with Crippen molar-refractivity contribution in [3.8, 4) is 0 Å². The second-order valence-corrected chi connectivity index (χ2v) is 4.81. The minimum Gasteiger partial charge on any atom is -0.478 e. The van der Waals surface area contributed by atoms with Gasteiger partial charge in [-0.05, 0) is 32.1 Å². The highest BCUT2D eigenvalue weighted by Gasteiger charge is 2.25. The molecule has 1 aliphatic rings. The Morgan fingerprint density at radius 3 is 3.00 bits per heavy atom. The van der Waals surface area contributed by atoms with Gasteiger partial charge in [0.1, 0.15) is 0 Å². The van der Waals surface area contributed by atoms with E-state index >= 15 is 0 Å². The Labute approximate surface area is 111 Å². The molecule has 1 aromatic rings. The van der Waals surface area contributed by atoms with E-state index in [1.54, 1.807) is 0 Å². The molecule has 0 spiro atoms. The number of carboxylic acids is 1. The van der Waals surface area contributed by atoms with Gasteiger partial charge in [-0.1, -0.05) is 0 Å². The summed E-state index contributed by atoms with van der Waals surface area (Å²) in [5, 5.41) is 11.7. The Balaban J connectivity index is 1.90. The highest BCUT2D eigenvalue weighted by Crippen LogP contribution is 2.14. The molecular weight excluding hydrogens is 246 g/mol. The van der Waals surface area contributed by atoms with Crippen molar-refractivity contribution in [2.45, 2.75) is 13.0 Å². The number of rotatable bonds is 4. The number of pyridine rings is 1. The molecule has 0 saturated carbocycles. The van der Waals surface area contributed by atoms with Gasteiger partial charge in [-0.25, -0.2) is 4.79 Å². The van der Waals surface area contributed by atoms with Crippen LogP contribution in [-0.4, -0.2) is 47.0 Å². The quantitative estimate of drug-likeness (QED) is 0.819. The second kappa shape index (κ2) is 5.79. The molecule has 2 heterocycles. The highest BCUT2D eigenvalue weighted by molar-refractivity contribution is 5.87. The Morgan fingerprint density at radius 1 is 1.58 bits per heavy atom. The molecule has 1 saturated heterocycles. The fraction of sp³-hybridized carbons (Fsp3) is 0.462. The molecule has 2 N–H and O–H groups in total. The maximum absolute atomic E-state index is 11.9. The van der Waals surface area contributed by atoms with E-state index in [1.165, 1.54) is 18.3 Å². The van der Waals surface area contributed by atoms with E-state index in [0.717, 1.165) is 19.5 Å². The molecule has 6 nitrogen and oxygen atoms in total. The standard InChI is InChI=1S/C13H17N3O3/c1-16-5-3-10(8-16)12(17)15-7-11-6-9(13(18)19)2-4-14-11/h2,4,6,10H,3,5,7-8H2,1H3,(H,15,17)(H,18,19). The zero-order valence-corrected chi connectivity index (χ0v) is 10.8. The van der Waals surface area contributed by atoms with Gasteiger partial charge in [0, 0.05) is 12.7 Å². The SMILES string of the molecule is CN1CCC(C(=O)NCc2cc(C(=O)O)ccn2)C1. The van der Waals surface area contributed by atoms with Crippen molar-refractivity contribution in [1.29, 1.82) is 0 Å². The summed E-state index contributed by atoms with van der Waals surface area (Å²) in [6.45, 7) is 1.97. The lowest BCUT2D eigenvalue weighted by molar-refractivity contribution is -0.124. The Morgan fingerprint density at radius 2 is 2.37 bits per heavy atom. The van der Waals surface area contributed by atoms with Crippen LogP contribution < -0.4 is 5.32 Å². The lowest BCUT2D eigenvalue weighted by Gasteiger charge is -2.11. The number of aromatic carboxylic acids is 1. The number of carboxylic acid groups (broad SMARTS) is 1. The number of amides is 1. The lowest BCUT2D eigenvalue weighted by atomic mass is 10.1. The van der Waals surface area contributed by atoms with Crippen LogP contribution in [0.15, 0.2) is 18.3 Å². The molecule has 0 aliphatic carbocycles. The van der Waals surface area contributed by atoms with Gasteiger partial charge in [0.15, 0.2) is 0 Å². The van der Waals surface area contributed by atoms with Gasteiger partial charge in [-0.3, -0.25) is 9.78 Å². The predicted octanol–water partition coefficient (Wildman–Crippen LogP) is 0.348. The lowest BCUT2D eigenvalue weighted by Crippen LogP contribution is -2.32. The van der Waals surface area contributed by atoms with Crippen LogP contribution in [0.5, 0.6) is 0 Å². The van der Waals surface area contributed by atoms with Crippen molar-refractivity contribution in [1.82, 2.24) is 15.2 Å². The van der Waals surface area contributed by atoms with Gasteiger partial charge in [-0.2, -0.15) is 0 Å². The first kappa shape index (κ1) is 13.5. The number of carbonyl (C=O) groups is 2. The summed E-state index contributed by atoms with van der Waals surface area (Å²) < 4.78 is 0. The molecule has 1 aliphatic heterocycles. The summed E-state index contributed by atoms with van der Waals surface area (Å²) in [5.74, 6) is -0.966. The average Bonchev–Trinajstić information content (AvgIpc) is 2.83. The normalized spacial score (nSPS) is 19.3. The molecule has 1 aromatic heterocycles. The zero-order valence-electron chi connectivity index (χ0n) is 10.8. The van der Waals surface area contributed by atoms with Gasteiger partial charge < -0.3 is 15.3 Å². The van der Waals surface area contributed by atoms with Crippen LogP contribution in [0.1, 0.15) is 22.5 Å². The number of likely N-dealkylation sites (tertiary alicyclic amines) is 1. The van der Waals surface area contributed by atoms with Gasteiger partial charge in [0.05, 0.1) is 23.7 Å². The molecule has 1 fully saturated rings. The van der Waals surface area contributed by atoms with E-state index in [4.69, 9.17) is 5.11 Å². The number of hydrogen-bond acceptors (Lipinski definition) is 4. The summed E-state index contributed by atoms with van der Waals surface area (Å²) in [6.07, 6.45) is 2.30. The van der Waals surface area contributed by atoms with Gasteiger partial charge in [-0.15, -0.1) is 0 Å². The Hall–Kier alpha value is -1.95. The number of nitrogens with zero attached hydrogens (tertiary/aromatic N) is 2. The molecule has 0 aromatic carbocycles. The summed E-state index contributed by atoms with van der Waals surface area (Å²) in [4.78, 5) is 28.9. The van der Waals surface area contributed by atoms with E-state index in [9.17, 15) is 9.59 Å². The third kappa shape index (κ3) is 3.51. The first-order valence-corrected chi connectivity index (χ1v) is 6.20.